The fourth-order valence-corrected chi connectivity index (χ4v) is 2.61. The van der Waals surface area contributed by atoms with Gasteiger partial charge in [0, 0.05) is 19.2 Å². The lowest BCUT2D eigenvalue weighted by Gasteiger charge is -2.27. The first-order valence-corrected chi connectivity index (χ1v) is 6.70. The molecule has 4 nitrogen and oxygen atoms in total. The predicted molar refractivity (Wildman–Crippen MR) is 73.9 cm³/mol. The molecular formula is C12H19BrN4. The lowest BCUT2D eigenvalue weighted by molar-refractivity contribution is 0.263. The van der Waals surface area contributed by atoms with Crippen molar-refractivity contribution < 1.29 is 0 Å². The number of anilines is 2. The number of halogens is 1. The molecule has 1 unspecified atom stereocenters. The second-order valence-corrected chi connectivity index (χ2v) is 6.53. The zero-order chi connectivity index (χ0) is 12.6. The van der Waals surface area contributed by atoms with E-state index in [0.717, 1.165) is 23.6 Å². The Balaban J connectivity index is 2.15. The molecule has 0 amide bonds. The average molecular weight is 299 g/mol. The van der Waals surface area contributed by atoms with Gasteiger partial charge in [-0.2, -0.15) is 4.98 Å². The highest BCUT2D eigenvalue weighted by Crippen LogP contribution is 2.35. The third-order valence-corrected chi connectivity index (χ3v) is 3.80. The van der Waals surface area contributed by atoms with Crippen molar-refractivity contribution in [2.24, 2.45) is 11.3 Å². The van der Waals surface area contributed by atoms with Crippen LogP contribution in [0.4, 0.5) is 11.8 Å². The molecule has 1 atom stereocenters. The van der Waals surface area contributed by atoms with Gasteiger partial charge in [-0.15, -0.1) is 0 Å². The van der Waals surface area contributed by atoms with Crippen LogP contribution in [0.5, 0.6) is 0 Å². The number of nitrogen functional groups attached to an aromatic ring is 1. The maximum absolute atomic E-state index is 5.74. The highest BCUT2D eigenvalue weighted by atomic mass is 79.9. The molecule has 0 aliphatic carbocycles. The standard InChI is InChI=1S/C12H19BrN4/c1-12(2,3)8-4-5-17(7-8)11-15-9(13)6-10(14)16-11/h6,8H,4-5,7H2,1-3H3,(H2,14,15,16). The summed E-state index contributed by atoms with van der Waals surface area (Å²) in [5.74, 6) is 1.94. The third kappa shape index (κ3) is 2.89. The van der Waals surface area contributed by atoms with Crippen molar-refractivity contribution >= 4 is 27.7 Å². The van der Waals surface area contributed by atoms with Gasteiger partial charge in [0.2, 0.25) is 5.95 Å². The number of hydrogen-bond donors (Lipinski definition) is 1. The first kappa shape index (κ1) is 12.6. The Labute approximate surface area is 111 Å². The van der Waals surface area contributed by atoms with Crippen LogP contribution in [0.1, 0.15) is 27.2 Å². The molecule has 1 aliphatic rings. The van der Waals surface area contributed by atoms with E-state index in [-0.39, 0.29) is 0 Å². The molecule has 5 heteroatoms. The number of rotatable bonds is 1. The van der Waals surface area contributed by atoms with Gasteiger partial charge in [0.15, 0.2) is 0 Å². The zero-order valence-corrected chi connectivity index (χ0v) is 12.2. The first-order chi connectivity index (χ1) is 7.86. The van der Waals surface area contributed by atoms with Gasteiger partial charge in [0.1, 0.15) is 10.4 Å². The van der Waals surface area contributed by atoms with Crippen LogP contribution in [0.25, 0.3) is 0 Å². The van der Waals surface area contributed by atoms with Crippen LogP contribution < -0.4 is 10.6 Å². The van der Waals surface area contributed by atoms with E-state index >= 15 is 0 Å². The van der Waals surface area contributed by atoms with E-state index in [0.29, 0.717) is 17.2 Å². The summed E-state index contributed by atoms with van der Waals surface area (Å²) in [6.45, 7) is 8.89. The van der Waals surface area contributed by atoms with E-state index in [4.69, 9.17) is 5.73 Å². The predicted octanol–water partition coefficient (Wildman–Crippen LogP) is 2.69. The first-order valence-electron chi connectivity index (χ1n) is 5.91. The molecule has 1 saturated heterocycles. The maximum atomic E-state index is 5.74. The summed E-state index contributed by atoms with van der Waals surface area (Å²) in [5.41, 5.74) is 6.08. The van der Waals surface area contributed by atoms with Gasteiger partial charge in [-0.1, -0.05) is 20.8 Å². The Hall–Kier alpha value is -0.840. The minimum absolute atomic E-state index is 0.340. The molecule has 17 heavy (non-hydrogen) atoms. The number of nitrogens with zero attached hydrogens (tertiary/aromatic N) is 3. The molecular weight excluding hydrogens is 280 g/mol. The lowest BCUT2D eigenvalue weighted by atomic mass is 9.80. The molecule has 0 aromatic carbocycles. The zero-order valence-electron chi connectivity index (χ0n) is 10.6. The molecule has 1 aromatic heterocycles. The van der Waals surface area contributed by atoms with Crippen LogP contribution >= 0.6 is 15.9 Å². The van der Waals surface area contributed by atoms with Crippen molar-refractivity contribution in [1.29, 1.82) is 0 Å². The second-order valence-electron chi connectivity index (χ2n) is 5.71. The minimum atomic E-state index is 0.340. The van der Waals surface area contributed by atoms with Crippen LogP contribution in [-0.2, 0) is 0 Å². The van der Waals surface area contributed by atoms with Crippen LogP contribution in [0.3, 0.4) is 0 Å². The molecule has 0 radical (unpaired) electrons. The third-order valence-electron chi connectivity index (χ3n) is 3.40. The summed E-state index contributed by atoms with van der Waals surface area (Å²) in [6, 6.07) is 1.72. The quantitative estimate of drug-likeness (QED) is 0.810. The average Bonchev–Trinajstić information content (AvgIpc) is 2.63. The Morgan fingerprint density at radius 2 is 2.12 bits per heavy atom. The van der Waals surface area contributed by atoms with E-state index in [1.807, 2.05) is 0 Å². The molecule has 2 rings (SSSR count). The van der Waals surface area contributed by atoms with Crippen LogP contribution in [0.2, 0.25) is 0 Å². The number of nitrogens with two attached hydrogens (primary N) is 1. The van der Waals surface area contributed by atoms with Crippen molar-refractivity contribution in [1.82, 2.24) is 9.97 Å². The Morgan fingerprint density at radius 1 is 1.41 bits per heavy atom. The van der Waals surface area contributed by atoms with E-state index < -0.39 is 0 Å². The molecule has 0 spiro atoms. The Bertz CT molecular complexity index is 393. The molecule has 94 valence electrons. The van der Waals surface area contributed by atoms with Gasteiger partial charge in [-0.3, -0.25) is 0 Å². The fraction of sp³-hybridized carbons (Fsp3) is 0.667. The molecule has 0 bridgehead atoms. The van der Waals surface area contributed by atoms with Gasteiger partial charge in [-0.25, -0.2) is 4.98 Å². The van der Waals surface area contributed by atoms with E-state index in [2.05, 4.69) is 51.6 Å². The molecule has 2 N–H and O–H groups in total. The fourth-order valence-electron chi connectivity index (χ4n) is 2.21. The van der Waals surface area contributed by atoms with Gasteiger partial charge < -0.3 is 10.6 Å². The molecule has 0 saturated carbocycles. The van der Waals surface area contributed by atoms with E-state index in [1.165, 1.54) is 6.42 Å². The van der Waals surface area contributed by atoms with Gasteiger partial charge in [-0.05, 0) is 33.7 Å². The van der Waals surface area contributed by atoms with Gasteiger partial charge >= 0.3 is 0 Å². The summed E-state index contributed by atoms with van der Waals surface area (Å²) >= 11 is 3.36. The molecule has 1 aliphatic heterocycles. The smallest absolute Gasteiger partial charge is 0.228 e. The molecule has 1 aromatic rings. The number of aromatic nitrogens is 2. The van der Waals surface area contributed by atoms with Crippen molar-refractivity contribution in [3.05, 3.63) is 10.7 Å². The van der Waals surface area contributed by atoms with Crippen molar-refractivity contribution in [2.75, 3.05) is 23.7 Å². The van der Waals surface area contributed by atoms with Crippen LogP contribution in [-0.4, -0.2) is 23.1 Å². The molecule has 2 heterocycles. The largest absolute Gasteiger partial charge is 0.383 e. The van der Waals surface area contributed by atoms with Crippen molar-refractivity contribution in [3.63, 3.8) is 0 Å². The van der Waals surface area contributed by atoms with Gasteiger partial charge in [0.05, 0.1) is 0 Å². The highest BCUT2D eigenvalue weighted by molar-refractivity contribution is 9.10. The number of hydrogen-bond acceptors (Lipinski definition) is 4. The SMILES string of the molecule is CC(C)(C)C1CCN(c2nc(N)cc(Br)n2)C1. The van der Waals surface area contributed by atoms with Crippen molar-refractivity contribution in [3.8, 4) is 0 Å². The molecule has 1 fully saturated rings. The highest BCUT2D eigenvalue weighted by Gasteiger charge is 2.32. The maximum Gasteiger partial charge on any atom is 0.228 e. The Morgan fingerprint density at radius 3 is 2.65 bits per heavy atom. The van der Waals surface area contributed by atoms with E-state index in [1.54, 1.807) is 6.07 Å². The van der Waals surface area contributed by atoms with Gasteiger partial charge in [0.25, 0.3) is 0 Å². The van der Waals surface area contributed by atoms with E-state index in [9.17, 15) is 0 Å². The minimum Gasteiger partial charge on any atom is -0.383 e. The monoisotopic (exact) mass is 298 g/mol. The second kappa shape index (κ2) is 4.44. The normalized spacial score (nSPS) is 20.9. The summed E-state index contributed by atoms with van der Waals surface area (Å²) in [7, 11) is 0. The Kier molecular flexibility index (Phi) is 3.30. The lowest BCUT2D eigenvalue weighted by Crippen LogP contribution is -2.27. The van der Waals surface area contributed by atoms with Crippen molar-refractivity contribution in [2.45, 2.75) is 27.2 Å². The summed E-state index contributed by atoms with van der Waals surface area (Å²) in [5, 5.41) is 0. The van der Waals surface area contributed by atoms with Crippen LogP contribution in [0.15, 0.2) is 10.7 Å². The summed E-state index contributed by atoms with van der Waals surface area (Å²) in [6.07, 6.45) is 1.19. The summed E-state index contributed by atoms with van der Waals surface area (Å²) in [4.78, 5) is 10.9. The topological polar surface area (TPSA) is 55.0 Å². The van der Waals surface area contributed by atoms with Crippen LogP contribution in [0, 0.1) is 11.3 Å². The summed E-state index contributed by atoms with van der Waals surface area (Å²) < 4.78 is 0.749.